The van der Waals surface area contributed by atoms with E-state index in [-0.39, 0.29) is 11.8 Å². The number of hydrogen-bond donors (Lipinski definition) is 1. The largest absolute Gasteiger partial charge is 0.573 e. The third-order valence-electron chi connectivity index (χ3n) is 3.84. The molecule has 2 rings (SSSR count). The first-order valence-corrected chi connectivity index (χ1v) is 6.68. The van der Waals surface area contributed by atoms with Crippen molar-refractivity contribution in [2.45, 2.75) is 37.7 Å². The van der Waals surface area contributed by atoms with Gasteiger partial charge >= 0.3 is 6.36 Å². The lowest BCUT2D eigenvalue weighted by Gasteiger charge is -2.39. The van der Waals surface area contributed by atoms with Crippen molar-refractivity contribution in [2.75, 3.05) is 13.6 Å². The van der Waals surface area contributed by atoms with Crippen LogP contribution in [0.5, 0.6) is 5.75 Å². The maximum atomic E-state index is 12.2. The molecular formula is C14H19F3N2O. The van der Waals surface area contributed by atoms with Crippen LogP contribution in [-0.4, -0.2) is 30.9 Å². The molecule has 1 atom stereocenters. The highest BCUT2D eigenvalue weighted by Gasteiger charge is 2.32. The first kappa shape index (κ1) is 15.1. The SMILES string of the molecule is CN(C1CCC1)C(CN)c1cccc(OC(F)(F)F)c1. The van der Waals surface area contributed by atoms with Gasteiger partial charge in [0.25, 0.3) is 0 Å². The average Bonchev–Trinajstić information content (AvgIpc) is 2.25. The Morgan fingerprint density at radius 1 is 1.40 bits per heavy atom. The van der Waals surface area contributed by atoms with E-state index in [1.54, 1.807) is 12.1 Å². The van der Waals surface area contributed by atoms with E-state index in [0.29, 0.717) is 12.6 Å². The van der Waals surface area contributed by atoms with Gasteiger partial charge in [0.05, 0.1) is 0 Å². The first-order valence-electron chi connectivity index (χ1n) is 6.68. The molecule has 6 heteroatoms. The fraction of sp³-hybridized carbons (Fsp3) is 0.571. The monoisotopic (exact) mass is 288 g/mol. The summed E-state index contributed by atoms with van der Waals surface area (Å²) in [6.07, 6.45) is -1.24. The summed E-state index contributed by atoms with van der Waals surface area (Å²) in [7, 11) is 1.97. The maximum absolute atomic E-state index is 12.2. The van der Waals surface area contributed by atoms with Crippen LogP contribution in [0.2, 0.25) is 0 Å². The number of alkyl halides is 3. The lowest BCUT2D eigenvalue weighted by Crippen LogP contribution is -2.42. The Labute approximate surface area is 116 Å². The molecule has 0 aromatic heterocycles. The normalized spacial score (nSPS) is 17.9. The van der Waals surface area contributed by atoms with E-state index in [2.05, 4.69) is 9.64 Å². The van der Waals surface area contributed by atoms with E-state index >= 15 is 0 Å². The van der Waals surface area contributed by atoms with Crippen LogP contribution < -0.4 is 10.5 Å². The van der Waals surface area contributed by atoms with Gasteiger partial charge in [0.1, 0.15) is 5.75 Å². The van der Waals surface area contributed by atoms with Crippen molar-refractivity contribution < 1.29 is 17.9 Å². The minimum atomic E-state index is -4.67. The van der Waals surface area contributed by atoms with Crippen LogP contribution in [0.25, 0.3) is 0 Å². The average molecular weight is 288 g/mol. The zero-order valence-electron chi connectivity index (χ0n) is 11.4. The number of halogens is 3. The highest BCUT2D eigenvalue weighted by molar-refractivity contribution is 5.31. The highest BCUT2D eigenvalue weighted by atomic mass is 19.4. The zero-order valence-corrected chi connectivity index (χ0v) is 11.4. The van der Waals surface area contributed by atoms with Crippen LogP contribution in [0.3, 0.4) is 0 Å². The number of benzene rings is 1. The fourth-order valence-electron chi connectivity index (χ4n) is 2.50. The molecule has 20 heavy (non-hydrogen) atoms. The minimum absolute atomic E-state index is 0.0860. The van der Waals surface area contributed by atoms with Crippen molar-refractivity contribution in [1.29, 1.82) is 0 Å². The highest BCUT2D eigenvalue weighted by Crippen LogP contribution is 2.32. The molecule has 0 radical (unpaired) electrons. The smallest absolute Gasteiger partial charge is 0.406 e. The van der Waals surface area contributed by atoms with E-state index in [9.17, 15) is 13.2 Å². The van der Waals surface area contributed by atoms with Gasteiger partial charge < -0.3 is 10.5 Å². The van der Waals surface area contributed by atoms with E-state index in [0.717, 1.165) is 18.4 Å². The topological polar surface area (TPSA) is 38.5 Å². The molecule has 3 nitrogen and oxygen atoms in total. The molecule has 0 spiro atoms. The molecule has 112 valence electrons. The number of nitrogens with two attached hydrogens (primary N) is 1. The summed E-state index contributed by atoms with van der Waals surface area (Å²) in [4.78, 5) is 2.15. The third-order valence-corrected chi connectivity index (χ3v) is 3.84. The van der Waals surface area contributed by atoms with Crippen LogP contribution >= 0.6 is 0 Å². The van der Waals surface area contributed by atoms with Gasteiger partial charge in [-0.2, -0.15) is 0 Å². The molecule has 0 amide bonds. The summed E-state index contributed by atoms with van der Waals surface area (Å²) in [5, 5.41) is 0. The molecular weight excluding hydrogens is 269 g/mol. The van der Waals surface area contributed by atoms with Gasteiger partial charge in [0.15, 0.2) is 0 Å². The lowest BCUT2D eigenvalue weighted by molar-refractivity contribution is -0.274. The van der Waals surface area contributed by atoms with Crippen molar-refractivity contribution in [3.05, 3.63) is 29.8 Å². The molecule has 1 aliphatic carbocycles. The van der Waals surface area contributed by atoms with Crippen LogP contribution in [0.4, 0.5) is 13.2 Å². The quantitative estimate of drug-likeness (QED) is 0.905. The molecule has 1 aromatic carbocycles. The van der Waals surface area contributed by atoms with Gasteiger partial charge in [-0.1, -0.05) is 18.6 Å². The summed E-state index contributed by atoms with van der Waals surface area (Å²) >= 11 is 0. The summed E-state index contributed by atoms with van der Waals surface area (Å²) in [5.41, 5.74) is 6.55. The van der Waals surface area contributed by atoms with Crippen LogP contribution in [0, 0.1) is 0 Å². The molecule has 2 N–H and O–H groups in total. The van der Waals surface area contributed by atoms with Gasteiger partial charge in [0.2, 0.25) is 0 Å². The van der Waals surface area contributed by atoms with E-state index in [1.165, 1.54) is 18.6 Å². The van der Waals surface area contributed by atoms with Gasteiger partial charge in [-0.15, -0.1) is 13.2 Å². The van der Waals surface area contributed by atoms with Crippen molar-refractivity contribution in [3.8, 4) is 5.75 Å². The summed E-state index contributed by atoms with van der Waals surface area (Å²) in [6, 6.07) is 6.45. The van der Waals surface area contributed by atoms with Crippen molar-refractivity contribution in [1.82, 2.24) is 4.90 Å². The van der Waals surface area contributed by atoms with Gasteiger partial charge in [-0.25, -0.2) is 0 Å². The molecule has 1 saturated carbocycles. The van der Waals surface area contributed by atoms with Crippen LogP contribution in [-0.2, 0) is 0 Å². The van der Waals surface area contributed by atoms with Crippen molar-refractivity contribution >= 4 is 0 Å². The second-order valence-electron chi connectivity index (χ2n) is 5.12. The lowest BCUT2D eigenvalue weighted by atomic mass is 9.89. The number of likely N-dealkylation sites (N-methyl/N-ethyl adjacent to an activating group) is 1. The van der Waals surface area contributed by atoms with E-state index in [1.807, 2.05) is 7.05 Å². The van der Waals surface area contributed by atoms with Crippen molar-refractivity contribution in [2.24, 2.45) is 5.73 Å². The molecule has 1 unspecified atom stereocenters. The second kappa shape index (κ2) is 6.01. The number of hydrogen-bond acceptors (Lipinski definition) is 3. The number of ether oxygens (including phenoxy) is 1. The third kappa shape index (κ3) is 3.64. The number of rotatable bonds is 5. The van der Waals surface area contributed by atoms with Gasteiger partial charge in [-0.3, -0.25) is 4.90 Å². The molecule has 0 aliphatic heterocycles. The Balaban J connectivity index is 2.14. The van der Waals surface area contributed by atoms with Crippen LogP contribution in [0.1, 0.15) is 30.9 Å². The molecule has 1 aliphatic rings. The Morgan fingerprint density at radius 2 is 2.10 bits per heavy atom. The van der Waals surface area contributed by atoms with Crippen molar-refractivity contribution in [3.63, 3.8) is 0 Å². The van der Waals surface area contributed by atoms with Crippen LogP contribution in [0.15, 0.2) is 24.3 Å². The fourth-order valence-corrected chi connectivity index (χ4v) is 2.50. The standard InChI is InChI=1S/C14H19F3N2O/c1-19(11-5-3-6-11)13(9-18)10-4-2-7-12(8-10)20-14(15,16)17/h2,4,7-8,11,13H,3,5-6,9,18H2,1H3. The summed E-state index contributed by atoms with van der Waals surface area (Å²) < 4.78 is 40.7. The molecule has 0 saturated heterocycles. The zero-order chi connectivity index (χ0) is 14.8. The van der Waals surface area contributed by atoms with E-state index < -0.39 is 6.36 Å². The summed E-state index contributed by atoms with van der Waals surface area (Å²) in [6.45, 7) is 0.364. The second-order valence-corrected chi connectivity index (χ2v) is 5.12. The minimum Gasteiger partial charge on any atom is -0.406 e. The Hall–Kier alpha value is -1.27. The summed E-state index contributed by atoms with van der Waals surface area (Å²) in [5.74, 6) is -0.199. The molecule has 1 fully saturated rings. The molecule has 0 bridgehead atoms. The van der Waals surface area contributed by atoms with Gasteiger partial charge in [-0.05, 0) is 37.6 Å². The Bertz CT molecular complexity index is 446. The number of nitrogens with zero attached hydrogens (tertiary/aromatic N) is 1. The Morgan fingerprint density at radius 3 is 2.60 bits per heavy atom. The Kier molecular flexibility index (Phi) is 4.55. The molecule has 0 heterocycles. The van der Waals surface area contributed by atoms with Gasteiger partial charge in [0, 0.05) is 18.6 Å². The molecule has 1 aromatic rings. The predicted octanol–water partition coefficient (Wildman–Crippen LogP) is 3.07. The predicted molar refractivity (Wildman–Crippen MR) is 70.3 cm³/mol. The van der Waals surface area contributed by atoms with E-state index in [4.69, 9.17) is 5.73 Å². The first-order chi connectivity index (χ1) is 9.40. The maximum Gasteiger partial charge on any atom is 0.573 e.